The normalized spacial score (nSPS) is 12.2. The van der Waals surface area contributed by atoms with Gasteiger partial charge in [-0.3, -0.25) is 48.3 Å². The van der Waals surface area contributed by atoms with Crippen LogP contribution in [-0.4, -0.2) is 102 Å². The van der Waals surface area contributed by atoms with Crippen LogP contribution in [0.15, 0.2) is 180 Å². The number of carbonyl (C=O) groups is 8. The van der Waals surface area contributed by atoms with Crippen molar-refractivity contribution >= 4 is 84.2 Å². The number of rotatable bonds is 33. The number of halogens is 2. The van der Waals surface area contributed by atoms with Gasteiger partial charge in [-0.1, -0.05) is 184 Å². The third-order valence-corrected chi connectivity index (χ3v) is 14.1. The first-order chi connectivity index (χ1) is 43.6. The standard InChI is InChI=1S/C34H42N6O5.C21H28N6O2.C13H16O4.2ClH/c1-23(14-19-30(41)45-22-25-9-4-2-5-10-25)32(43)40-29(33(44)39-28(31(35)42)13-8-20-38-34(36)37)21-24-15-17-27(18-16-24)26-11-6-3-7-12-26;22-17(20(29)27-18(19(23)28)7-4-12-26-21(24)25)13-14-8-10-16(11-9-14)15-5-2-1-3-6-15;1-10(13(15)16)7-8-12(14)17-9-11-5-3-2-4-6-11;;/h2-7,9-12,15-18,23,28-29H,8,13-14,19-22H2,1H3,(H2,35,42)(H,39,44)(H,40,43)(H4,36,37,38);1-3,5-6,8-11,17-18H,4,7,12-13,22H2,(H2,23,28)(H,27,29)(H4,24,25,26);2-6,10H,7-9H2,1H3,(H,15,16);2*1H/t23-,28-,29-;17-,18-;10-;;/m111../s1. The quantitative estimate of drug-likeness (QED) is 0.00990. The zero-order chi connectivity index (χ0) is 66.5. The van der Waals surface area contributed by atoms with Crippen LogP contribution in [0.2, 0.25) is 0 Å². The Hall–Kier alpha value is -9.84. The third kappa shape index (κ3) is 32.1. The lowest BCUT2D eigenvalue weighted by atomic mass is 9.98. The predicted molar refractivity (Wildman–Crippen MR) is 365 cm³/mol. The molecule has 0 aliphatic rings. The molecule has 0 unspecified atom stereocenters. The minimum Gasteiger partial charge on any atom is -0.481 e. The maximum Gasteiger partial charge on any atom is 0.306 e. The highest BCUT2D eigenvalue weighted by Gasteiger charge is 2.28. The Kier molecular flexibility index (Phi) is 37.3. The van der Waals surface area contributed by atoms with Crippen molar-refractivity contribution in [2.24, 2.45) is 62.0 Å². The predicted octanol–water partition coefficient (Wildman–Crippen LogP) is 5.89. The molecule has 6 atom stereocenters. The number of nitrogens with zero attached hydrogens (tertiary/aromatic N) is 2. The average molecular weight is 1320 g/mol. The number of aliphatic imine (C=N–C) groups is 2. The Morgan fingerprint density at radius 1 is 0.419 bits per heavy atom. The van der Waals surface area contributed by atoms with E-state index in [1.165, 1.54) is 0 Å². The van der Waals surface area contributed by atoms with Gasteiger partial charge in [-0.25, -0.2) is 0 Å². The van der Waals surface area contributed by atoms with Gasteiger partial charge in [-0.15, -0.1) is 24.8 Å². The molecule has 6 aromatic rings. The summed E-state index contributed by atoms with van der Waals surface area (Å²) in [5.41, 5.74) is 45.9. The van der Waals surface area contributed by atoms with E-state index in [-0.39, 0.29) is 94.6 Å². The molecule has 6 rings (SSSR count). The Morgan fingerprint density at radius 2 is 0.763 bits per heavy atom. The fourth-order valence-corrected chi connectivity index (χ4v) is 8.71. The van der Waals surface area contributed by atoms with Gasteiger partial charge in [-0.2, -0.15) is 0 Å². The van der Waals surface area contributed by atoms with Gasteiger partial charge in [0.15, 0.2) is 11.9 Å². The maximum absolute atomic E-state index is 13.5. The molecule has 0 radical (unpaired) electrons. The highest BCUT2D eigenvalue weighted by Crippen LogP contribution is 2.22. The SMILES string of the molecule is C[C@H](CCC(=O)OCc1ccccc1)C(=O)N[C@H](Cc1ccc(-c2ccccc2)cc1)C(=O)N[C@H](CCCN=C(N)N)C(N)=O.C[C@H](CCC(=O)OCc1ccccc1)C(=O)O.Cl.Cl.NC(=O)[C@@H](CCCN=C(N)N)NC(=O)[C@H](N)Cc1ccc(-c2ccccc2)cc1. The fourth-order valence-electron chi connectivity index (χ4n) is 8.71. The van der Waals surface area contributed by atoms with Crippen LogP contribution >= 0.6 is 24.8 Å². The molecule has 0 saturated heterocycles. The summed E-state index contributed by atoms with van der Waals surface area (Å²) in [7, 11) is 0. The summed E-state index contributed by atoms with van der Waals surface area (Å²) in [5.74, 6) is -5.60. The molecular formula is C68H88Cl2N12O11. The molecule has 0 aliphatic carbocycles. The van der Waals surface area contributed by atoms with Crippen molar-refractivity contribution in [3.63, 3.8) is 0 Å². The van der Waals surface area contributed by atoms with Crippen molar-refractivity contribution < 1.29 is 52.9 Å². The molecule has 6 aromatic carbocycles. The van der Waals surface area contributed by atoms with Crippen molar-refractivity contribution in [1.29, 1.82) is 0 Å². The number of hydrogen-bond acceptors (Lipinski definition) is 13. The second-order valence-electron chi connectivity index (χ2n) is 21.5. The van der Waals surface area contributed by atoms with Gasteiger partial charge in [-0.05, 0) is 89.5 Å². The molecule has 0 bridgehead atoms. The highest BCUT2D eigenvalue weighted by molar-refractivity contribution is 5.92. The summed E-state index contributed by atoms with van der Waals surface area (Å²) in [5, 5.41) is 16.7. The van der Waals surface area contributed by atoms with Crippen molar-refractivity contribution in [2.45, 2.75) is 115 Å². The molecule has 23 nitrogen and oxygen atoms in total. The zero-order valence-electron chi connectivity index (χ0n) is 52.3. The van der Waals surface area contributed by atoms with E-state index in [9.17, 15) is 38.4 Å². The number of guanidine groups is 2. The zero-order valence-corrected chi connectivity index (χ0v) is 53.9. The van der Waals surface area contributed by atoms with Crippen LogP contribution in [0.1, 0.15) is 87.5 Å². The number of amides is 5. The number of primary amides is 2. The van der Waals surface area contributed by atoms with Gasteiger partial charge in [0.25, 0.3) is 0 Å². The number of hydrogen-bond donors (Lipinski definition) is 11. The van der Waals surface area contributed by atoms with E-state index in [2.05, 4.69) is 25.9 Å². The van der Waals surface area contributed by atoms with E-state index in [4.69, 9.17) is 54.7 Å². The fraction of sp³-hybridized carbons (Fsp3) is 0.324. The summed E-state index contributed by atoms with van der Waals surface area (Å²) in [6.07, 6.45) is 2.68. The van der Waals surface area contributed by atoms with Gasteiger partial charge in [0.2, 0.25) is 29.5 Å². The summed E-state index contributed by atoms with van der Waals surface area (Å²) >= 11 is 0. The average Bonchev–Trinajstić information content (AvgIpc) is 2.30. The first-order valence-electron chi connectivity index (χ1n) is 29.8. The van der Waals surface area contributed by atoms with Crippen molar-refractivity contribution in [2.75, 3.05) is 13.1 Å². The summed E-state index contributed by atoms with van der Waals surface area (Å²) in [6, 6.07) is 50.5. The lowest BCUT2D eigenvalue weighted by Crippen LogP contribution is -2.54. The van der Waals surface area contributed by atoms with Crippen LogP contribution in [0.4, 0.5) is 0 Å². The van der Waals surface area contributed by atoms with E-state index in [1.54, 1.807) is 13.8 Å². The molecule has 93 heavy (non-hydrogen) atoms. The Labute approximate surface area is 555 Å². The minimum atomic E-state index is -1.01. The van der Waals surface area contributed by atoms with E-state index in [0.29, 0.717) is 38.6 Å². The highest BCUT2D eigenvalue weighted by atomic mass is 35.5. The lowest BCUT2D eigenvalue weighted by Gasteiger charge is -2.23. The molecule has 25 heteroatoms. The molecular weight excluding hydrogens is 1230 g/mol. The van der Waals surface area contributed by atoms with Crippen molar-refractivity contribution in [1.82, 2.24) is 16.0 Å². The second-order valence-corrected chi connectivity index (χ2v) is 21.5. The van der Waals surface area contributed by atoms with Crippen LogP contribution in [0.25, 0.3) is 22.3 Å². The molecule has 18 N–H and O–H groups in total. The van der Waals surface area contributed by atoms with Crippen molar-refractivity contribution in [3.05, 3.63) is 192 Å². The van der Waals surface area contributed by atoms with Gasteiger partial charge < -0.3 is 70.7 Å². The largest absolute Gasteiger partial charge is 0.481 e. The molecule has 0 heterocycles. The topological polar surface area (TPSA) is 418 Å². The number of carboxylic acid groups (broad SMARTS) is 1. The Morgan fingerprint density at radius 3 is 1.14 bits per heavy atom. The van der Waals surface area contributed by atoms with E-state index in [0.717, 1.165) is 44.5 Å². The number of carbonyl (C=O) groups excluding carboxylic acids is 7. The van der Waals surface area contributed by atoms with Crippen LogP contribution in [-0.2, 0) is 73.9 Å². The number of aliphatic carboxylic acids is 1. The number of ether oxygens (including phenoxy) is 2. The molecule has 0 saturated carbocycles. The summed E-state index contributed by atoms with van der Waals surface area (Å²) < 4.78 is 10.3. The van der Waals surface area contributed by atoms with Crippen LogP contribution < -0.4 is 56.1 Å². The molecule has 0 fully saturated rings. The van der Waals surface area contributed by atoms with Gasteiger partial charge in [0.1, 0.15) is 31.3 Å². The van der Waals surface area contributed by atoms with Crippen LogP contribution in [0.3, 0.4) is 0 Å². The summed E-state index contributed by atoms with van der Waals surface area (Å²) in [4.78, 5) is 105. The van der Waals surface area contributed by atoms with Crippen LogP contribution in [0.5, 0.6) is 0 Å². The number of carboxylic acids is 1. The number of benzene rings is 6. The number of esters is 2. The molecule has 5 amide bonds. The van der Waals surface area contributed by atoms with Gasteiger partial charge in [0.05, 0.1) is 12.0 Å². The molecule has 0 aromatic heterocycles. The number of nitrogens with one attached hydrogen (secondary N) is 3. The first-order valence-corrected chi connectivity index (χ1v) is 29.8. The third-order valence-electron chi connectivity index (χ3n) is 14.1. The Balaban J connectivity index is 0.000000524. The minimum absolute atomic E-state index is 0. The first kappa shape index (κ1) is 79.3. The van der Waals surface area contributed by atoms with Gasteiger partial charge in [0, 0.05) is 38.3 Å². The molecule has 0 spiro atoms. The van der Waals surface area contributed by atoms with Gasteiger partial charge >= 0.3 is 17.9 Å². The van der Waals surface area contributed by atoms with E-state index >= 15 is 0 Å². The number of nitrogens with two attached hydrogens (primary N) is 7. The Bertz CT molecular complexity index is 3290. The van der Waals surface area contributed by atoms with Crippen LogP contribution in [0, 0.1) is 11.8 Å². The van der Waals surface area contributed by atoms with E-state index < -0.39 is 77.5 Å². The monoisotopic (exact) mass is 1320 g/mol. The lowest BCUT2D eigenvalue weighted by molar-refractivity contribution is -0.147. The maximum atomic E-state index is 13.5. The van der Waals surface area contributed by atoms with Crippen molar-refractivity contribution in [3.8, 4) is 22.3 Å². The smallest absolute Gasteiger partial charge is 0.306 e. The molecule has 500 valence electrons. The van der Waals surface area contributed by atoms with E-state index in [1.807, 2.05) is 170 Å². The second kappa shape index (κ2) is 43.8. The molecule has 0 aliphatic heterocycles. The summed E-state index contributed by atoms with van der Waals surface area (Å²) in [6.45, 7) is 4.26.